The van der Waals surface area contributed by atoms with E-state index in [4.69, 9.17) is 11.6 Å². The molecule has 1 aromatic carbocycles. The SMILES string of the molecule is CCC1(c2ccccc2Cl)CC1. The summed E-state index contributed by atoms with van der Waals surface area (Å²) in [6, 6.07) is 8.24. The van der Waals surface area contributed by atoms with E-state index < -0.39 is 0 Å². The molecule has 0 radical (unpaired) electrons. The Labute approximate surface area is 78.6 Å². The molecule has 1 aliphatic carbocycles. The first-order chi connectivity index (χ1) is 5.78. The van der Waals surface area contributed by atoms with Gasteiger partial charge in [-0.15, -0.1) is 0 Å². The van der Waals surface area contributed by atoms with Crippen LogP contribution >= 0.6 is 11.6 Å². The van der Waals surface area contributed by atoms with Crippen LogP contribution in [0.1, 0.15) is 31.7 Å². The molecule has 12 heavy (non-hydrogen) atoms. The van der Waals surface area contributed by atoms with Crippen molar-refractivity contribution in [2.45, 2.75) is 31.6 Å². The highest BCUT2D eigenvalue weighted by atomic mass is 35.5. The number of halogens is 1. The standard InChI is InChI=1S/C11H13Cl/c1-2-11(7-8-11)9-5-3-4-6-10(9)12/h3-6H,2,7-8H2,1H3. The molecule has 1 saturated carbocycles. The second-order valence-corrected chi connectivity index (χ2v) is 4.02. The molecule has 2 rings (SSSR count). The molecule has 1 aromatic rings. The Hall–Kier alpha value is -0.490. The molecular formula is C11H13Cl. The molecule has 0 bridgehead atoms. The van der Waals surface area contributed by atoms with Crippen molar-refractivity contribution < 1.29 is 0 Å². The Morgan fingerprint density at radius 2 is 2.00 bits per heavy atom. The smallest absolute Gasteiger partial charge is 0.0443 e. The molecule has 0 spiro atoms. The van der Waals surface area contributed by atoms with Gasteiger partial charge in [-0.05, 0) is 36.3 Å². The van der Waals surface area contributed by atoms with Gasteiger partial charge >= 0.3 is 0 Å². The third-order valence-electron chi connectivity index (χ3n) is 2.98. The molecule has 0 aromatic heterocycles. The van der Waals surface area contributed by atoms with Crippen LogP contribution in [0.3, 0.4) is 0 Å². The zero-order valence-corrected chi connectivity index (χ0v) is 8.06. The second-order valence-electron chi connectivity index (χ2n) is 3.61. The minimum absolute atomic E-state index is 0.443. The summed E-state index contributed by atoms with van der Waals surface area (Å²) in [5.74, 6) is 0. The average Bonchev–Trinajstić information content (AvgIpc) is 2.86. The van der Waals surface area contributed by atoms with Crippen molar-refractivity contribution in [3.63, 3.8) is 0 Å². The molecule has 1 heteroatoms. The summed E-state index contributed by atoms with van der Waals surface area (Å²) in [6.45, 7) is 2.25. The lowest BCUT2D eigenvalue weighted by Gasteiger charge is -2.13. The zero-order valence-electron chi connectivity index (χ0n) is 7.31. The molecule has 1 fully saturated rings. The van der Waals surface area contributed by atoms with Crippen molar-refractivity contribution in [2.24, 2.45) is 0 Å². The number of benzene rings is 1. The van der Waals surface area contributed by atoms with E-state index in [0.29, 0.717) is 5.41 Å². The third kappa shape index (κ3) is 1.15. The molecule has 0 heterocycles. The van der Waals surface area contributed by atoms with E-state index in [0.717, 1.165) is 5.02 Å². The van der Waals surface area contributed by atoms with Crippen molar-refractivity contribution in [3.05, 3.63) is 34.9 Å². The van der Waals surface area contributed by atoms with Crippen molar-refractivity contribution in [3.8, 4) is 0 Å². The van der Waals surface area contributed by atoms with Crippen molar-refractivity contribution in [1.82, 2.24) is 0 Å². The minimum atomic E-state index is 0.443. The highest BCUT2D eigenvalue weighted by Crippen LogP contribution is 2.52. The van der Waals surface area contributed by atoms with Gasteiger partial charge in [-0.2, -0.15) is 0 Å². The zero-order chi connectivity index (χ0) is 8.60. The second kappa shape index (κ2) is 2.77. The van der Waals surface area contributed by atoms with Crippen LogP contribution in [0.2, 0.25) is 5.02 Å². The topological polar surface area (TPSA) is 0 Å². The lowest BCUT2D eigenvalue weighted by Crippen LogP contribution is -2.04. The fraction of sp³-hybridized carbons (Fsp3) is 0.455. The van der Waals surface area contributed by atoms with E-state index in [1.807, 2.05) is 12.1 Å². The highest BCUT2D eigenvalue weighted by Gasteiger charge is 2.43. The van der Waals surface area contributed by atoms with Gasteiger partial charge in [0.2, 0.25) is 0 Å². The summed E-state index contributed by atoms with van der Waals surface area (Å²) in [5.41, 5.74) is 1.80. The Morgan fingerprint density at radius 1 is 1.33 bits per heavy atom. The van der Waals surface area contributed by atoms with E-state index in [-0.39, 0.29) is 0 Å². The number of hydrogen-bond acceptors (Lipinski definition) is 0. The largest absolute Gasteiger partial charge is 0.0840 e. The Kier molecular flexibility index (Phi) is 1.88. The molecule has 0 saturated heterocycles. The quantitative estimate of drug-likeness (QED) is 0.650. The van der Waals surface area contributed by atoms with Gasteiger partial charge in [0.25, 0.3) is 0 Å². The molecule has 0 atom stereocenters. The molecule has 0 nitrogen and oxygen atoms in total. The number of rotatable bonds is 2. The Balaban J connectivity index is 2.40. The Morgan fingerprint density at radius 3 is 2.50 bits per heavy atom. The van der Waals surface area contributed by atoms with Gasteiger partial charge < -0.3 is 0 Å². The van der Waals surface area contributed by atoms with Crippen LogP contribution < -0.4 is 0 Å². The minimum Gasteiger partial charge on any atom is -0.0840 e. The monoisotopic (exact) mass is 180 g/mol. The van der Waals surface area contributed by atoms with E-state index in [1.165, 1.54) is 24.8 Å². The summed E-state index contributed by atoms with van der Waals surface area (Å²) < 4.78 is 0. The van der Waals surface area contributed by atoms with E-state index in [2.05, 4.69) is 19.1 Å². The summed E-state index contributed by atoms with van der Waals surface area (Å²) in [7, 11) is 0. The Bertz CT molecular complexity index is 287. The van der Waals surface area contributed by atoms with Crippen LogP contribution in [0.25, 0.3) is 0 Å². The first-order valence-corrected chi connectivity index (χ1v) is 4.91. The van der Waals surface area contributed by atoms with E-state index in [9.17, 15) is 0 Å². The van der Waals surface area contributed by atoms with Crippen LogP contribution in [0, 0.1) is 0 Å². The molecule has 0 aliphatic heterocycles. The van der Waals surface area contributed by atoms with Crippen LogP contribution in [0.5, 0.6) is 0 Å². The van der Waals surface area contributed by atoms with Gasteiger partial charge in [-0.25, -0.2) is 0 Å². The van der Waals surface area contributed by atoms with Crippen molar-refractivity contribution >= 4 is 11.6 Å². The average molecular weight is 181 g/mol. The summed E-state index contributed by atoms with van der Waals surface area (Å²) in [6.07, 6.45) is 3.84. The molecule has 0 N–H and O–H groups in total. The van der Waals surface area contributed by atoms with Crippen LogP contribution in [0.15, 0.2) is 24.3 Å². The molecule has 0 unspecified atom stereocenters. The van der Waals surface area contributed by atoms with Gasteiger partial charge in [0.15, 0.2) is 0 Å². The maximum Gasteiger partial charge on any atom is 0.0443 e. The van der Waals surface area contributed by atoms with Gasteiger partial charge in [0.1, 0.15) is 0 Å². The van der Waals surface area contributed by atoms with Gasteiger partial charge in [0.05, 0.1) is 0 Å². The first kappa shape index (κ1) is 8.12. The van der Waals surface area contributed by atoms with E-state index in [1.54, 1.807) is 0 Å². The van der Waals surface area contributed by atoms with Gasteiger partial charge in [-0.3, -0.25) is 0 Å². The fourth-order valence-corrected chi connectivity index (χ4v) is 2.19. The lowest BCUT2D eigenvalue weighted by molar-refractivity contribution is 0.664. The first-order valence-electron chi connectivity index (χ1n) is 4.53. The summed E-state index contributed by atoms with van der Waals surface area (Å²) >= 11 is 6.13. The third-order valence-corrected chi connectivity index (χ3v) is 3.31. The maximum atomic E-state index is 6.13. The maximum absolute atomic E-state index is 6.13. The molecule has 1 aliphatic rings. The molecule has 64 valence electrons. The van der Waals surface area contributed by atoms with E-state index >= 15 is 0 Å². The van der Waals surface area contributed by atoms with Gasteiger partial charge in [-0.1, -0.05) is 36.7 Å². The van der Waals surface area contributed by atoms with Crippen molar-refractivity contribution in [2.75, 3.05) is 0 Å². The number of hydrogen-bond donors (Lipinski definition) is 0. The predicted molar refractivity (Wildman–Crippen MR) is 52.7 cm³/mol. The predicted octanol–water partition coefficient (Wildman–Crippen LogP) is 3.78. The summed E-state index contributed by atoms with van der Waals surface area (Å²) in [4.78, 5) is 0. The summed E-state index contributed by atoms with van der Waals surface area (Å²) in [5, 5.41) is 0.942. The lowest BCUT2D eigenvalue weighted by atomic mass is 9.93. The highest BCUT2D eigenvalue weighted by molar-refractivity contribution is 6.31. The van der Waals surface area contributed by atoms with Gasteiger partial charge in [0, 0.05) is 5.02 Å². The van der Waals surface area contributed by atoms with Crippen LogP contribution in [-0.2, 0) is 5.41 Å². The molecular weight excluding hydrogens is 168 g/mol. The molecule has 0 amide bonds. The van der Waals surface area contributed by atoms with Crippen LogP contribution in [0.4, 0.5) is 0 Å². The normalized spacial score (nSPS) is 19.2. The van der Waals surface area contributed by atoms with Crippen LogP contribution in [-0.4, -0.2) is 0 Å². The fourth-order valence-electron chi connectivity index (χ4n) is 1.86. The van der Waals surface area contributed by atoms with Crippen molar-refractivity contribution in [1.29, 1.82) is 0 Å².